The van der Waals surface area contributed by atoms with E-state index in [0.29, 0.717) is 5.92 Å². The molecule has 3 unspecified atom stereocenters. The summed E-state index contributed by atoms with van der Waals surface area (Å²) in [6.07, 6.45) is 4.33. The summed E-state index contributed by atoms with van der Waals surface area (Å²) in [4.78, 5) is 0. The fraction of sp³-hybridized carbons (Fsp3) is 1.00. The van der Waals surface area contributed by atoms with E-state index < -0.39 is 15.3 Å². The lowest BCUT2D eigenvalue weighted by molar-refractivity contribution is 0.208. The second-order valence-electron chi connectivity index (χ2n) is 4.88. The van der Waals surface area contributed by atoms with Crippen molar-refractivity contribution in [3.63, 3.8) is 0 Å². The van der Waals surface area contributed by atoms with E-state index in [2.05, 4.69) is 6.92 Å². The van der Waals surface area contributed by atoms with Gasteiger partial charge in [-0.3, -0.25) is 0 Å². The van der Waals surface area contributed by atoms with Gasteiger partial charge in [0.2, 0.25) is 10.0 Å². The standard InChI is InChI=1S/C11H23NO3S/c1-9-6-4-5-7-11(9)12(3)16(14,15)10(2)8-13/h9-11,13H,4-8H2,1-3H3. The molecule has 1 fully saturated rings. The van der Waals surface area contributed by atoms with Gasteiger partial charge in [-0.2, -0.15) is 0 Å². The first-order chi connectivity index (χ1) is 7.41. The molecule has 5 heteroatoms. The molecule has 1 rings (SSSR count). The van der Waals surface area contributed by atoms with Gasteiger partial charge in [0.05, 0.1) is 11.9 Å². The SMILES string of the molecule is CC1CCCCC1N(C)S(=O)(=O)C(C)CO. The highest BCUT2D eigenvalue weighted by Crippen LogP contribution is 2.29. The lowest BCUT2D eigenvalue weighted by Crippen LogP contribution is -2.46. The fourth-order valence-electron chi connectivity index (χ4n) is 2.40. The smallest absolute Gasteiger partial charge is 0.218 e. The van der Waals surface area contributed by atoms with Crippen LogP contribution < -0.4 is 0 Å². The monoisotopic (exact) mass is 249 g/mol. The van der Waals surface area contributed by atoms with Crippen molar-refractivity contribution in [1.29, 1.82) is 0 Å². The third kappa shape index (κ3) is 2.76. The summed E-state index contributed by atoms with van der Waals surface area (Å²) in [5.41, 5.74) is 0. The number of rotatable bonds is 4. The van der Waals surface area contributed by atoms with Crippen molar-refractivity contribution >= 4 is 10.0 Å². The summed E-state index contributed by atoms with van der Waals surface area (Å²) in [7, 11) is -1.69. The quantitative estimate of drug-likeness (QED) is 0.814. The zero-order valence-electron chi connectivity index (χ0n) is 10.4. The number of sulfonamides is 1. The predicted octanol–water partition coefficient (Wildman–Crippen LogP) is 1.21. The van der Waals surface area contributed by atoms with Crippen molar-refractivity contribution in [1.82, 2.24) is 4.31 Å². The van der Waals surface area contributed by atoms with Gasteiger partial charge in [0.15, 0.2) is 0 Å². The Hall–Kier alpha value is -0.130. The maximum absolute atomic E-state index is 12.1. The Morgan fingerprint density at radius 1 is 1.38 bits per heavy atom. The summed E-state index contributed by atoms with van der Waals surface area (Å²) in [5, 5.41) is 8.28. The molecule has 0 saturated heterocycles. The second-order valence-corrected chi connectivity index (χ2v) is 7.29. The van der Waals surface area contributed by atoms with Crippen LogP contribution in [0.5, 0.6) is 0 Å². The highest BCUT2D eigenvalue weighted by molar-refractivity contribution is 7.89. The number of aliphatic hydroxyl groups is 1. The molecule has 0 amide bonds. The predicted molar refractivity (Wildman–Crippen MR) is 64.7 cm³/mol. The van der Waals surface area contributed by atoms with Crippen LogP contribution in [0, 0.1) is 5.92 Å². The van der Waals surface area contributed by atoms with E-state index in [1.807, 2.05) is 0 Å². The van der Waals surface area contributed by atoms with Crippen LogP contribution in [0.3, 0.4) is 0 Å². The molecule has 0 aliphatic heterocycles. The molecule has 3 atom stereocenters. The van der Waals surface area contributed by atoms with Gasteiger partial charge in [-0.1, -0.05) is 19.8 Å². The van der Waals surface area contributed by atoms with Crippen molar-refractivity contribution in [2.45, 2.75) is 50.8 Å². The van der Waals surface area contributed by atoms with Gasteiger partial charge in [-0.15, -0.1) is 0 Å². The lowest BCUT2D eigenvalue weighted by atomic mass is 9.86. The highest BCUT2D eigenvalue weighted by Gasteiger charge is 2.34. The molecule has 0 spiro atoms. The van der Waals surface area contributed by atoms with Crippen molar-refractivity contribution in [2.75, 3.05) is 13.7 Å². The Bertz CT molecular complexity index is 315. The number of hydrogen-bond donors (Lipinski definition) is 1. The van der Waals surface area contributed by atoms with Gasteiger partial charge in [-0.05, 0) is 25.7 Å². The average Bonchev–Trinajstić information content (AvgIpc) is 2.27. The molecular formula is C11H23NO3S. The maximum Gasteiger partial charge on any atom is 0.218 e. The summed E-state index contributed by atoms with van der Waals surface area (Å²) in [5.74, 6) is 0.416. The lowest BCUT2D eigenvalue weighted by Gasteiger charge is -2.36. The number of hydrogen-bond acceptors (Lipinski definition) is 3. The van der Waals surface area contributed by atoms with Crippen LogP contribution in [0.2, 0.25) is 0 Å². The average molecular weight is 249 g/mol. The summed E-state index contributed by atoms with van der Waals surface area (Å²) in [6.45, 7) is 3.35. The highest BCUT2D eigenvalue weighted by atomic mass is 32.2. The Labute approximate surface area is 98.7 Å². The molecule has 16 heavy (non-hydrogen) atoms. The molecule has 4 nitrogen and oxygen atoms in total. The third-order valence-electron chi connectivity index (χ3n) is 3.70. The van der Waals surface area contributed by atoms with Gasteiger partial charge >= 0.3 is 0 Å². The number of aliphatic hydroxyl groups excluding tert-OH is 1. The van der Waals surface area contributed by atoms with E-state index >= 15 is 0 Å². The van der Waals surface area contributed by atoms with Crippen LogP contribution in [0.1, 0.15) is 39.5 Å². The molecule has 0 aromatic heterocycles. The third-order valence-corrected chi connectivity index (χ3v) is 5.94. The first-order valence-electron chi connectivity index (χ1n) is 5.99. The van der Waals surface area contributed by atoms with Crippen LogP contribution in [-0.2, 0) is 10.0 Å². The maximum atomic E-state index is 12.1. The Morgan fingerprint density at radius 2 is 1.94 bits per heavy atom. The van der Waals surface area contributed by atoms with Gasteiger partial charge in [0, 0.05) is 13.1 Å². The molecule has 0 aromatic carbocycles. The molecule has 1 aliphatic rings. The minimum absolute atomic E-state index is 0.104. The minimum atomic E-state index is -3.34. The van der Waals surface area contributed by atoms with Crippen molar-refractivity contribution in [3.8, 4) is 0 Å². The van der Waals surface area contributed by atoms with E-state index in [1.54, 1.807) is 14.0 Å². The van der Waals surface area contributed by atoms with Crippen LogP contribution in [-0.4, -0.2) is 42.8 Å². The van der Waals surface area contributed by atoms with E-state index in [0.717, 1.165) is 19.3 Å². The molecule has 1 aliphatic carbocycles. The first kappa shape index (κ1) is 13.9. The zero-order valence-corrected chi connectivity index (χ0v) is 11.2. The summed E-state index contributed by atoms with van der Waals surface area (Å²) >= 11 is 0. The van der Waals surface area contributed by atoms with E-state index in [4.69, 9.17) is 5.11 Å². The van der Waals surface area contributed by atoms with Gasteiger partial charge in [-0.25, -0.2) is 12.7 Å². The summed E-state index contributed by atoms with van der Waals surface area (Å²) < 4.78 is 25.6. The Morgan fingerprint density at radius 3 is 2.44 bits per heavy atom. The Kier molecular flexibility index (Phi) is 4.76. The molecule has 0 radical (unpaired) electrons. The molecule has 1 saturated carbocycles. The van der Waals surface area contributed by atoms with Crippen molar-refractivity contribution in [3.05, 3.63) is 0 Å². The van der Waals surface area contributed by atoms with Gasteiger partial charge in [0.1, 0.15) is 0 Å². The molecule has 0 bridgehead atoms. The minimum Gasteiger partial charge on any atom is -0.395 e. The molecule has 96 valence electrons. The van der Waals surface area contributed by atoms with Crippen molar-refractivity contribution < 1.29 is 13.5 Å². The van der Waals surface area contributed by atoms with Crippen LogP contribution >= 0.6 is 0 Å². The molecule has 0 aromatic rings. The topological polar surface area (TPSA) is 57.6 Å². The normalized spacial score (nSPS) is 29.3. The van der Waals surface area contributed by atoms with Gasteiger partial charge in [0.25, 0.3) is 0 Å². The van der Waals surface area contributed by atoms with Crippen molar-refractivity contribution in [2.24, 2.45) is 5.92 Å². The van der Waals surface area contributed by atoms with Crippen LogP contribution in [0.25, 0.3) is 0 Å². The van der Waals surface area contributed by atoms with Crippen LogP contribution in [0.4, 0.5) is 0 Å². The van der Waals surface area contributed by atoms with E-state index in [-0.39, 0.29) is 12.6 Å². The first-order valence-corrected chi connectivity index (χ1v) is 7.49. The summed E-state index contributed by atoms with van der Waals surface area (Å²) in [6, 6.07) is 0.104. The molecule has 0 heterocycles. The van der Waals surface area contributed by atoms with E-state index in [9.17, 15) is 8.42 Å². The van der Waals surface area contributed by atoms with Gasteiger partial charge < -0.3 is 5.11 Å². The zero-order chi connectivity index (χ0) is 12.3. The number of nitrogens with zero attached hydrogens (tertiary/aromatic N) is 1. The Balaban J connectivity index is 2.79. The molecular weight excluding hydrogens is 226 g/mol. The largest absolute Gasteiger partial charge is 0.395 e. The second kappa shape index (κ2) is 5.47. The fourth-order valence-corrected chi connectivity index (χ4v) is 3.85. The molecule has 1 N–H and O–H groups in total. The van der Waals surface area contributed by atoms with Crippen LogP contribution in [0.15, 0.2) is 0 Å². The van der Waals surface area contributed by atoms with E-state index in [1.165, 1.54) is 10.7 Å².